The maximum atomic E-state index is 13.1. The number of aryl methyl sites for hydroxylation is 1. The van der Waals surface area contributed by atoms with Crippen LogP contribution in [0.15, 0.2) is 52.4 Å². The number of benzene rings is 2. The molecule has 0 bridgehead atoms. The molecule has 1 fully saturated rings. The van der Waals surface area contributed by atoms with Gasteiger partial charge in [-0.05, 0) is 74.9 Å². The summed E-state index contributed by atoms with van der Waals surface area (Å²) in [6.07, 6.45) is 3.89. The second-order valence-corrected chi connectivity index (χ2v) is 8.74. The summed E-state index contributed by atoms with van der Waals surface area (Å²) in [6.45, 7) is 8.78. The van der Waals surface area contributed by atoms with Crippen LogP contribution in [0.5, 0.6) is 11.5 Å². The molecule has 3 rings (SSSR count). The third-order valence-corrected chi connectivity index (χ3v) is 5.74. The van der Waals surface area contributed by atoms with Gasteiger partial charge in [-0.25, -0.2) is 4.99 Å². The van der Waals surface area contributed by atoms with Crippen molar-refractivity contribution in [3.63, 3.8) is 0 Å². The van der Waals surface area contributed by atoms with Gasteiger partial charge in [-0.1, -0.05) is 37.1 Å². The zero-order valence-corrected chi connectivity index (χ0v) is 19.7. The molecule has 5 nitrogen and oxygen atoms in total. The van der Waals surface area contributed by atoms with Crippen molar-refractivity contribution in [3.05, 3.63) is 58.5 Å². The summed E-state index contributed by atoms with van der Waals surface area (Å²) >= 11 is 1.41. The number of nitrogens with zero attached hydrogens (tertiary/aromatic N) is 2. The van der Waals surface area contributed by atoms with Gasteiger partial charge in [0.2, 0.25) is 0 Å². The Morgan fingerprint density at radius 2 is 1.87 bits per heavy atom. The number of thioether (sulfide) groups is 1. The molecule has 2 aromatic carbocycles. The first-order chi connectivity index (χ1) is 14.9. The fraction of sp³-hybridized carbons (Fsp3) is 0.360. The fourth-order valence-electron chi connectivity index (χ4n) is 3.11. The number of unbranched alkanes of at least 4 members (excludes halogenated alkanes) is 1. The Labute approximate surface area is 189 Å². The molecule has 2 aromatic rings. The van der Waals surface area contributed by atoms with Gasteiger partial charge in [0.15, 0.2) is 16.7 Å². The molecular formula is C25H30N2O3S. The minimum absolute atomic E-state index is 0.00853. The fourth-order valence-corrected chi connectivity index (χ4v) is 4.14. The van der Waals surface area contributed by atoms with E-state index in [1.54, 1.807) is 12.0 Å². The molecule has 1 saturated heterocycles. The molecule has 1 aliphatic heterocycles. The van der Waals surface area contributed by atoms with E-state index in [1.165, 1.54) is 17.3 Å². The number of methoxy groups -OCH3 is 1. The quantitative estimate of drug-likeness (QED) is 0.461. The van der Waals surface area contributed by atoms with Crippen LogP contribution in [0, 0.1) is 6.92 Å². The van der Waals surface area contributed by atoms with Crippen molar-refractivity contribution in [1.82, 2.24) is 4.90 Å². The second kappa shape index (κ2) is 10.5. The minimum atomic E-state index is -0.00853. The monoisotopic (exact) mass is 438 g/mol. The van der Waals surface area contributed by atoms with Crippen molar-refractivity contribution in [3.8, 4) is 11.5 Å². The first-order valence-electron chi connectivity index (χ1n) is 10.6. The van der Waals surface area contributed by atoms with Crippen LogP contribution in [-0.2, 0) is 4.79 Å². The number of ether oxygens (including phenoxy) is 2. The summed E-state index contributed by atoms with van der Waals surface area (Å²) in [7, 11) is 1.62. The lowest BCUT2D eigenvalue weighted by Gasteiger charge is -2.15. The van der Waals surface area contributed by atoms with Crippen molar-refractivity contribution in [2.24, 2.45) is 4.99 Å². The van der Waals surface area contributed by atoms with Crippen LogP contribution in [0.3, 0.4) is 0 Å². The van der Waals surface area contributed by atoms with E-state index in [1.807, 2.05) is 69.3 Å². The average molecular weight is 439 g/mol. The Morgan fingerprint density at radius 3 is 2.52 bits per heavy atom. The van der Waals surface area contributed by atoms with Gasteiger partial charge >= 0.3 is 0 Å². The molecule has 1 heterocycles. The Kier molecular flexibility index (Phi) is 7.80. The lowest BCUT2D eigenvalue weighted by Crippen LogP contribution is -2.30. The van der Waals surface area contributed by atoms with Crippen LogP contribution in [0.2, 0.25) is 0 Å². The number of hydrogen-bond donors (Lipinski definition) is 0. The van der Waals surface area contributed by atoms with Crippen LogP contribution in [0.4, 0.5) is 5.69 Å². The lowest BCUT2D eigenvalue weighted by atomic mass is 10.1. The Morgan fingerprint density at radius 1 is 1.13 bits per heavy atom. The minimum Gasteiger partial charge on any atom is -0.493 e. The molecule has 0 aliphatic carbocycles. The molecule has 164 valence electrons. The smallest absolute Gasteiger partial charge is 0.266 e. The van der Waals surface area contributed by atoms with Crippen LogP contribution in [-0.4, -0.2) is 35.7 Å². The van der Waals surface area contributed by atoms with Gasteiger partial charge in [0.1, 0.15) is 0 Å². The van der Waals surface area contributed by atoms with Crippen molar-refractivity contribution >= 4 is 34.6 Å². The highest BCUT2D eigenvalue weighted by atomic mass is 32.2. The van der Waals surface area contributed by atoms with E-state index in [2.05, 4.69) is 6.92 Å². The van der Waals surface area contributed by atoms with Crippen LogP contribution >= 0.6 is 11.8 Å². The van der Waals surface area contributed by atoms with E-state index in [9.17, 15) is 4.79 Å². The van der Waals surface area contributed by atoms with Crippen molar-refractivity contribution in [2.75, 3.05) is 13.7 Å². The predicted octanol–water partition coefficient (Wildman–Crippen LogP) is 6.19. The molecule has 0 saturated carbocycles. The molecule has 6 heteroatoms. The van der Waals surface area contributed by atoms with E-state index in [-0.39, 0.29) is 12.0 Å². The number of carbonyl (C=O) groups is 1. The highest BCUT2D eigenvalue weighted by Gasteiger charge is 2.33. The summed E-state index contributed by atoms with van der Waals surface area (Å²) in [5.74, 6) is 1.33. The van der Waals surface area contributed by atoms with E-state index in [4.69, 9.17) is 14.5 Å². The molecule has 0 spiro atoms. The summed E-state index contributed by atoms with van der Waals surface area (Å²) < 4.78 is 11.3. The number of rotatable bonds is 8. The van der Waals surface area contributed by atoms with Gasteiger partial charge in [-0.3, -0.25) is 9.69 Å². The first kappa shape index (κ1) is 22.9. The van der Waals surface area contributed by atoms with E-state index < -0.39 is 0 Å². The normalized spacial score (nSPS) is 16.6. The summed E-state index contributed by atoms with van der Waals surface area (Å²) in [4.78, 5) is 20.3. The predicted molar refractivity (Wildman–Crippen MR) is 129 cm³/mol. The topological polar surface area (TPSA) is 51.1 Å². The Bertz CT molecular complexity index is 981. The van der Waals surface area contributed by atoms with E-state index in [0.29, 0.717) is 22.9 Å². The van der Waals surface area contributed by atoms with Crippen LogP contribution in [0.1, 0.15) is 44.7 Å². The maximum absolute atomic E-state index is 13.1. The molecule has 0 aromatic heterocycles. The number of amidine groups is 1. The van der Waals surface area contributed by atoms with Crippen molar-refractivity contribution in [2.45, 2.75) is 46.6 Å². The number of aliphatic imine (C=N–C) groups is 1. The number of amides is 1. The molecule has 1 aliphatic rings. The highest BCUT2D eigenvalue weighted by molar-refractivity contribution is 8.18. The summed E-state index contributed by atoms with van der Waals surface area (Å²) in [5, 5.41) is 0.722. The van der Waals surface area contributed by atoms with Crippen molar-refractivity contribution < 1.29 is 14.3 Å². The Hall–Kier alpha value is -2.73. The molecule has 0 N–H and O–H groups in total. The molecule has 0 unspecified atom stereocenters. The largest absolute Gasteiger partial charge is 0.493 e. The van der Waals surface area contributed by atoms with E-state index >= 15 is 0 Å². The SMILES string of the molecule is CCCCN1C(=O)/C(=C\c2ccc(OC(C)C)c(OC)c2)SC1=Nc1ccc(C)cc1. The highest BCUT2D eigenvalue weighted by Crippen LogP contribution is 2.36. The lowest BCUT2D eigenvalue weighted by molar-refractivity contribution is -0.122. The third kappa shape index (κ3) is 5.91. The molecule has 0 atom stereocenters. The van der Waals surface area contributed by atoms with Crippen LogP contribution < -0.4 is 9.47 Å². The molecule has 31 heavy (non-hydrogen) atoms. The van der Waals surface area contributed by atoms with Gasteiger partial charge < -0.3 is 9.47 Å². The zero-order chi connectivity index (χ0) is 22.4. The zero-order valence-electron chi connectivity index (χ0n) is 18.8. The van der Waals surface area contributed by atoms with Crippen LogP contribution in [0.25, 0.3) is 6.08 Å². The first-order valence-corrected chi connectivity index (χ1v) is 11.4. The maximum Gasteiger partial charge on any atom is 0.266 e. The summed E-state index contributed by atoms with van der Waals surface area (Å²) in [6, 6.07) is 13.7. The third-order valence-electron chi connectivity index (χ3n) is 4.73. The van der Waals surface area contributed by atoms with Gasteiger partial charge in [0.05, 0.1) is 23.8 Å². The average Bonchev–Trinajstić information content (AvgIpc) is 3.03. The molecule has 1 amide bonds. The van der Waals surface area contributed by atoms with Gasteiger partial charge in [-0.2, -0.15) is 0 Å². The van der Waals surface area contributed by atoms with Crippen molar-refractivity contribution in [1.29, 1.82) is 0 Å². The van der Waals surface area contributed by atoms with E-state index in [0.717, 1.165) is 29.3 Å². The van der Waals surface area contributed by atoms with Gasteiger partial charge in [0.25, 0.3) is 5.91 Å². The molecular weight excluding hydrogens is 408 g/mol. The number of carbonyl (C=O) groups excluding carboxylic acids is 1. The Balaban J connectivity index is 1.91. The molecule has 0 radical (unpaired) electrons. The summed E-state index contributed by atoms with van der Waals surface area (Å²) in [5.41, 5.74) is 2.91. The second-order valence-electron chi connectivity index (χ2n) is 7.73. The standard InChI is InChI=1S/C25H30N2O3S/c1-6-7-14-27-24(28)23(31-25(27)26-20-11-8-18(4)9-12-20)16-19-10-13-21(30-17(2)3)22(15-19)29-5/h8-13,15-17H,6-7,14H2,1-5H3/b23-16+,26-25?. The number of hydrogen-bond acceptors (Lipinski definition) is 5. The van der Waals surface area contributed by atoms with Gasteiger partial charge in [-0.15, -0.1) is 0 Å². The van der Waals surface area contributed by atoms with Gasteiger partial charge in [0, 0.05) is 6.54 Å².